The molecule has 1 saturated heterocycles. The van der Waals surface area contributed by atoms with E-state index >= 15 is 0 Å². The normalized spacial score (nSPS) is 18.3. The summed E-state index contributed by atoms with van der Waals surface area (Å²) < 4.78 is 6.23. The first-order valence-electron chi connectivity index (χ1n) is 13.7. The van der Waals surface area contributed by atoms with Crippen molar-refractivity contribution in [3.8, 4) is 5.88 Å². The van der Waals surface area contributed by atoms with Gasteiger partial charge in [0.05, 0.1) is 34.2 Å². The first kappa shape index (κ1) is 29.4. The molecule has 0 unspecified atom stereocenters. The molecular weight excluding hydrogens is 528 g/mol. The molecule has 1 fully saturated rings. The van der Waals surface area contributed by atoms with Gasteiger partial charge < -0.3 is 26.0 Å². The number of thiazole rings is 1. The summed E-state index contributed by atoms with van der Waals surface area (Å²) in [7, 11) is 3.54. The maximum absolute atomic E-state index is 12.3. The van der Waals surface area contributed by atoms with Crippen molar-refractivity contribution >= 4 is 45.0 Å². The smallest absolute Gasteiger partial charge is 0.313 e. The number of piperidine rings is 1. The van der Waals surface area contributed by atoms with Gasteiger partial charge in [-0.15, -0.1) is 11.3 Å². The first-order valence-corrected chi connectivity index (χ1v) is 14.5. The number of hydrogen-bond acceptors (Lipinski definition) is 8. The summed E-state index contributed by atoms with van der Waals surface area (Å²) in [5.74, 6) is -0.968. The number of primary amides is 1. The number of aryl methyl sites for hydroxylation is 1. The van der Waals surface area contributed by atoms with Crippen molar-refractivity contribution in [1.82, 2.24) is 20.2 Å². The summed E-state index contributed by atoms with van der Waals surface area (Å²) >= 11 is 1.83. The van der Waals surface area contributed by atoms with Crippen LogP contribution in [0.5, 0.6) is 5.88 Å². The Hall–Kier alpha value is -3.57. The van der Waals surface area contributed by atoms with Crippen LogP contribution in [-0.2, 0) is 16.0 Å². The molecule has 3 aromatic rings. The highest BCUT2D eigenvalue weighted by Gasteiger charge is 2.28. The molecule has 0 aliphatic carbocycles. The average Bonchev–Trinajstić information content (AvgIpc) is 3.34. The van der Waals surface area contributed by atoms with Crippen LogP contribution in [-0.4, -0.2) is 66.4 Å². The number of hydrogen-bond donors (Lipinski definition) is 3. The van der Waals surface area contributed by atoms with Crippen molar-refractivity contribution in [2.24, 2.45) is 17.6 Å². The monoisotopic (exact) mass is 566 g/mol. The molecular formula is C29H38N6O4S. The molecule has 2 aromatic heterocycles. The third-order valence-electron chi connectivity index (χ3n) is 7.44. The molecule has 1 aromatic carbocycles. The summed E-state index contributed by atoms with van der Waals surface area (Å²) in [5.41, 5.74) is 7.85. The van der Waals surface area contributed by atoms with Crippen molar-refractivity contribution in [2.75, 3.05) is 39.1 Å². The molecule has 3 amide bonds. The van der Waals surface area contributed by atoms with Gasteiger partial charge in [-0.05, 0) is 74.9 Å². The third-order valence-corrected chi connectivity index (χ3v) is 8.61. The number of carbonyl (C=O) groups excluding carboxylic acids is 3. The zero-order valence-electron chi connectivity index (χ0n) is 23.5. The van der Waals surface area contributed by atoms with E-state index in [-0.39, 0.29) is 23.0 Å². The standard InChI is InChI=1S/C29H38N6O4S/c1-17(14-31-26(37)27(38)33-20-13-22(25(30)36)28(39-4)32-15-20)6-5-7-19-8-9-24-23(12-19)34-29(40-24)21-10-11-35(3)16-18(21)2/h8-9,12-13,15,17-18,21H,5-7,10-11,14,16H2,1-4H3,(H2,30,36)(H,31,37)(H,33,38)/t17-,18+,21+/m0/s1. The molecule has 3 atom stereocenters. The molecule has 11 heteroatoms. The van der Waals surface area contributed by atoms with E-state index in [0.717, 1.165) is 44.3 Å². The Balaban J connectivity index is 1.22. The van der Waals surface area contributed by atoms with E-state index in [1.807, 2.05) is 18.3 Å². The van der Waals surface area contributed by atoms with Crippen molar-refractivity contribution in [1.29, 1.82) is 0 Å². The number of fused-ring (bicyclic) bond motifs is 1. The van der Waals surface area contributed by atoms with Gasteiger partial charge in [0.25, 0.3) is 5.91 Å². The topological polar surface area (TPSA) is 140 Å². The van der Waals surface area contributed by atoms with Gasteiger partial charge in [0.1, 0.15) is 5.56 Å². The van der Waals surface area contributed by atoms with E-state index in [2.05, 4.69) is 52.7 Å². The summed E-state index contributed by atoms with van der Waals surface area (Å²) in [6.07, 6.45) is 5.25. The van der Waals surface area contributed by atoms with Crippen molar-refractivity contribution in [2.45, 2.75) is 45.4 Å². The van der Waals surface area contributed by atoms with Crippen molar-refractivity contribution in [3.05, 3.63) is 46.6 Å². The summed E-state index contributed by atoms with van der Waals surface area (Å²) in [5, 5.41) is 6.37. The molecule has 0 spiro atoms. The van der Waals surface area contributed by atoms with E-state index in [1.54, 1.807) is 0 Å². The van der Waals surface area contributed by atoms with Crippen LogP contribution in [0.25, 0.3) is 10.2 Å². The van der Waals surface area contributed by atoms with Gasteiger partial charge in [-0.25, -0.2) is 9.97 Å². The fourth-order valence-corrected chi connectivity index (χ4v) is 6.39. The maximum Gasteiger partial charge on any atom is 0.313 e. The number of benzene rings is 1. The molecule has 3 heterocycles. The number of carbonyl (C=O) groups is 3. The Labute approximate surface area is 238 Å². The molecule has 10 nitrogen and oxygen atoms in total. The van der Waals surface area contributed by atoms with Gasteiger partial charge in [0.2, 0.25) is 5.88 Å². The predicted molar refractivity (Wildman–Crippen MR) is 157 cm³/mol. The van der Waals surface area contributed by atoms with Crippen LogP contribution >= 0.6 is 11.3 Å². The number of aromatic nitrogens is 2. The fraction of sp³-hybridized carbons (Fsp3) is 0.483. The lowest BCUT2D eigenvalue weighted by Gasteiger charge is -2.33. The highest BCUT2D eigenvalue weighted by Crippen LogP contribution is 2.37. The van der Waals surface area contributed by atoms with Crippen LogP contribution < -0.4 is 21.1 Å². The van der Waals surface area contributed by atoms with Gasteiger partial charge in [-0.2, -0.15) is 0 Å². The third kappa shape index (κ3) is 7.33. The van der Waals surface area contributed by atoms with E-state index in [0.29, 0.717) is 18.4 Å². The predicted octanol–water partition coefficient (Wildman–Crippen LogP) is 3.57. The molecule has 1 aliphatic rings. The second-order valence-electron chi connectivity index (χ2n) is 10.8. The number of amides is 3. The van der Waals surface area contributed by atoms with Gasteiger partial charge in [0.15, 0.2) is 0 Å². The average molecular weight is 567 g/mol. The lowest BCUT2D eigenvalue weighted by molar-refractivity contribution is -0.136. The van der Waals surface area contributed by atoms with Gasteiger partial charge in [0, 0.05) is 19.0 Å². The molecule has 214 valence electrons. The summed E-state index contributed by atoms with van der Waals surface area (Å²) in [6.45, 7) is 6.99. The molecule has 40 heavy (non-hydrogen) atoms. The van der Waals surface area contributed by atoms with Crippen LogP contribution in [0.15, 0.2) is 30.5 Å². The van der Waals surface area contributed by atoms with Gasteiger partial charge in [-0.3, -0.25) is 14.4 Å². The number of methoxy groups -OCH3 is 1. The lowest BCUT2D eigenvalue weighted by Crippen LogP contribution is -2.37. The van der Waals surface area contributed by atoms with Gasteiger partial charge >= 0.3 is 11.8 Å². The Morgan fingerprint density at radius 3 is 2.77 bits per heavy atom. The molecule has 4 rings (SSSR count). The Morgan fingerprint density at radius 1 is 1.25 bits per heavy atom. The van der Waals surface area contributed by atoms with E-state index in [1.165, 1.54) is 34.6 Å². The number of anilines is 1. The molecule has 0 saturated carbocycles. The second-order valence-corrected chi connectivity index (χ2v) is 11.9. The number of ether oxygens (including phenoxy) is 1. The Bertz CT molecular complexity index is 1380. The van der Waals surface area contributed by atoms with E-state index in [9.17, 15) is 14.4 Å². The first-order chi connectivity index (χ1) is 19.1. The van der Waals surface area contributed by atoms with Crippen LogP contribution in [0.2, 0.25) is 0 Å². The highest BCUT2D eigenvalue weighted by molar-refractivity contribution is 7.18. The quantitative estimate of drug-likeness (QED) is 0.319. The van der Waals surface area contributed by atoms with Crippen LogP contribution in [0, 0.1) is 11.8 Å². The Kier molecular flexibility index (Phi) is 9.70. The Morgan fingerprint density at radius 2 is 2.05 bits per heavy atom. The summed E-state index contributed by atoms with van der Waals surface area (Å²) in [6, 6.07) is 7.92. The minimum atomic E-state index is -0.847. The van der Waals surface area contributed by atoms with Crippen molar-refractivity contribution < 1.29 is 19.1 Å². The van der Waals surface area contributed by atoms with Crippen LogP contribution in [0.4, 0.5) is 5.69 Å². The largest absolute Gasteiger partial charge is 0.480 e. The van der Waals surface area contributed by atoms with Crippen LogP contribution in [0.1, 0.15) is 60.0 Å². The second kappa shape index (κ2) is 13.2. The van der Waals surface area contributed by atoms with Crippen LogP contribution in [0.3, 0.4) is 0 Å². The number of nitrogens with zero attached hydrogens (tertiary/aromatic N) is 3. The summed E-state index contributed by atoms with van der Waals surface area (Å²) in [4.78, 5) is 47.5. The maximum atomic E-state index is 12.3. The fourth-order valence-electron chi connectivity index (χ4n) is 5.18. The number of likely N-dealkylation sites (tertiary alicyclic amines) is 1. The number of rotatable bonds is 10. The number of nitrogens with two attached hydrogens (primary N) is 1. The number of nitrogens with one attached hydrogen (secondary N) is 2. The van der Waals surface area contributed by atoms with E-state index < -0.39 is 17.7 Å². The molecule has 0 bridgehead atoms. The lowest BCUT2D eigenvalue weighted by atomic mass is 9.88. The SMILES string of the molecule is COc1ncc(NC(=O)C(=O)NC[C@@H](C)CCCc2ccc3sc([C@@H]4CCN(C)C[C@H]4C)nc3c2)cc1C(N)=O. The zero-order valence-corrected chi connectivity index (χ0v) is 24.3. The van der Waals surface area contributed by atoms with Crippen molar-refractivity contribution in [3.63, 3.8) is 0 Å². The molecule has 4 N–H and O–H groups in total. The minimum Gasteiger partial charge on any atom is -0.480 e. The highest BCUT2D eigenvalue weighted by atomic mass is 32.1. The minimum absolute atomic E-state index is 0.00977. The molecule has 0 radical (unpaired) electrons. The van der Waals surface area contributed by atoms with E-state index in [4.69, 9.17) is 15.5 Å². The number of pyridine rings is 1. The van der Waals surface area contributed by atoms with Gasteiger partial charge in [-0.1, -0.05) is 19.9 Å². The zero-order chi connectivity index (χ0) is 28.8. The molecule has 1 aliphatic heterocycles.